The molecule has 0 radical (unpaired) electrons. The van der Waals surface area contributed by atoms with Crippen molar-refractivity contribution in [3.63, 3.8) is 0 Å². The van der Waals surface area contributed by atoms with E-state index in [-0.39, 0.29) is 17.9 Å². The zero-order chi connectivity index (χ0) is 18.0. The zero-order valence-electron chi connectivity index (χ0n) is 16.3. The summed E-state index contributed by atoms with van der Waals surface area (Å²) >= 11 is 0. The van der Waals surface area contributed by atoms with Crippen LogP contribution in [-0.4, -0.2) is 22.8 Å². The van der Waals surface area contributed by atoms with Crippen LogP contribution in [-0.2, 0) is 9.59 Å². The lowest BCUT2D eigenvalue weighted by molar-refractivity contribution is -0.140. The molecule has 24 heavy (non-hydrogen) atoms. The van der Waals surface area contributed by atoms with Gasteiger partial charge < -0.3 is 0 Å². The van der Waals surface area contributed by atoms with Crippen molar-refractivity contribution in [3.8, 4) is 0 Å². The maximum absolute atomic E-state index is 12.3. The minimum atomic E-state index is -0.104. The highest BCUT2D eigenvalue weighted by molar-refractivity contribution is 6.13. The Balaban J connectivity index is 2.30. The second kappa shape index (κ2) is 7.84. The van der Waals surface area contributed by atoms with Crippen LogP contribution in [0.3, 0.4) is 0 Å². The Labute approximate surface area is 147 Å². The van der Waals surface area contributed by atoms with Crippen molar-refractivity contribution < 1.29 is 9.59 Å². The molecule has 0 N–H and O–H groups in total. The summed E-state index contributed by atoms with van der Waals surface area (Å²) < 4.78 is 0. The number of imide groups is 1. The first-order valence-corrected chi connectivity index (χ1v) is 9.75. The van der Waals surface area contributed by atoms with E-state index in [1.165, 1.54) is 25.0 Å². The van der Waals surface area contributed by atoms with Gasteiger partial charge >= 0.3 is 0 Å². The van der Waals surface area contributed by atoms with E-state index >= 15 is 0 Å². The van der Waals surface area contributed by atoms with Gasteiger partial charge in [-0.25, -0.2) is 0 Å². The van der Waals surface area contributed by atoms with Crippen LogP contribution < -0.4 is 0 Å². The van der Waals surface area contributed by atoms with E-state index in [2.05, 4.69) is 41.5 Å². The molecule has 3 nitrogen and oxygen atoms in total. The highest BCUT2D eigenvalue weighted by Crippen LogP contribution is 2.48. The molecular weight excluding hydrogens is 298 g/mol. The van der Waals surface area contributed by atoms with Gasteiger partial charge in [-0.05, 0) is 61.2 Å². The van der Waals surface area contributed by atoms with Crippen molar-refractivity contribution in [3.05, 3.63) is 12.2 Å². The predicted octanol–water partition coefficient (Wildman–Crippen LogP) is 4.67. The van der Waals surface area contributed by atoms with Crippen LogP contribution in [0.15, 0.2) is 12.2 Å². The first kappa shape index (κ1) is 19.2. The van der Waals surface area contributed by atoms with Gasteiger partial charge in [0.25, 0.3) is 11.8 Å². The molecule has 0 aromatic rings. The summed E-state index contributed by atoms with van der Waals surface area (Å²) in [7, 11) is 0. The van der Waals surface area contributed by atoms with Crippen molar-refractivity contribution >= 4 is 11.8 Å². The third-order valence-corrected chi connectivity index (χ3v) is 5.63. The molecule has 1 fully saturated rings. The molecule has 2 amide bonds. The summed E-state index contributed by atoms with van der Waals surface area (Å²) in [5.74, 6) is 3.39. The van der Waals surface area contributed by atoms with Gasteiger partial charge in [0.2, 0.25) is 0 Å². The van der Waals surface area contributed by atoms with E-state index < -0.39 is 0 Å². The summed E-state index contributed by atoms with van der Waals surface area (Å²) in [6.07, 6.45) is 7.39. The van der Waals surface area contributed by atoms with Gasteiger partial charge in [-0.15, -0.1) is 0 Å². The Morgan fingerprint density at radius 2 is 1.29 bits per heavy atom. The van der Waals surface area contributed by atoms with Crippen molar-refractivity contribution in [1.82, 2.24) is 4.90 Å². The lowest BCUT2D eigenvalue weighted by Crippen LogP contribution is -2.43. The van der Waals surface area contributed by atoms with E-state index in [4.69, 9.17) is 0 Å². The Hall–Kier alpha value is -1.12. The summed E-state index contributed by atoms with van der Waals surface area (Å²) in [6.45, 7) is 13.7. The minimum Gasteiger partial charge on any atom is -0.272 e. The van der Waals surface area contributed by atoms with Crippen molar-refractivity contribution in [2.45, 2.75) is 73.3 Å². The van der Waals surface area contributed by atoms with E-state index in [0.717, 1.165) is 12.8 Å². The molecular formula is C21H35NO2. The van der Waals surface area contributed by atoms with Gasteiger partial charge in [0.1, 0.15) is 0 Å². The number of hydrogen-bond donors (Lipinski definition) is 0. The SMILES string of the molecule is CC(C)CC1C[C@H](N2C(=O)C=CC2=O)[C@@H](CC(C)C)[C@H]1CC(C)C. The van der Waals surface area contributed by atoms with Crippen molar-refractivity contribution in [1.29, 1.82) is 0 Å². The maximum Gasteiger partial charge on any atom is 0.253 e. The monoisotopic (exact) mass is 333 g/mol. The number of carbonyl (C=O) groups excluding carboxylic acids is 2. The quantitative estimate of drug-likeness (QED) is 0.635. The minimum absolute atomic E-state index is 0.0925. The third-order valence-electron chi connectivity index (χ3n) is 5.63. The van der Waals surface area contributed by atoms with E-state index in [1.807, 2.05) is 0 Å². The predicted molar refractivity (Wildman–Crippen MR) is 98.2 cm³/mol. The van der Waals surface area contributed by atoms with E-state index in [0.29, 0.717) is 35.5 Å². The number of nitrogens with zero attached hydrogens (tertiary/aromatic N) is 1. The summed E-state index contributed by atoms with van der Waals surface area (Å²) in [5, 5.41) is 0. The molecule has 1 saturated carbocycles. The number of hydrogen-bond acceptors (Lipinski definition) is 2. The fourth-order valence-electron chi connectivity index (χ4n) is 4.99. The van der Waals surface area contributed by atoms with Crippen LogP contribution in [0, 0.1) is 35.5 Å². The molecule has 0 bridgehead atoms. The molecule has 3 heteroatoms. The maximum atomic E-state index is 12.3. The number of amides is 2. The largest absolute Gasteiger partial charge is 0.272 e. The molecule has 1 aliphatic heterocycles. The first-order chi connectivity index (χ1) is 11.2. The van der Waals surface area contributed by atoms with Crippen LogP contribution >= 0.6 is 0 Å². The number of rotatable bonds is 7. The summed E-state index contributed by atoms with van der Waals surface area (Å²) in [6, 6.07) is 0.0925. The molecule has 136 valence electrons. The second-order valence-corrected chi connectivity index (χ2v) is 9.16. The molecule has 0 aromatic carbocycles. The van der Waals surface area contributed by atoms with Crippen molar-refractivity contribution in [2.75, 3.05) is 0 Å². The molecule has 2 aliphatic rings. The lowest BCUT2D eigenvalue weighted by Gasteiger charge is -2.33. The average Bonchev–Trinajstić information content (AvgIpc) is 2.91. The van der Waals surface area contributed by atoms with Gasteiger partial charge in [0, 0.05) is 18.2 Å². The number of carbonyl (C=O) groups is 2. The first-order valence-electron chi connectivity index (χ1n) is 9.75. The van der Waals surface area contributed by atoms with Crippen LogP contribution in [0.5, 0.6) is 0 Å². The van der Waals surface area contributed by atoms with Crippen molar-refractivity contribution in [2.24, 2.45) is 35.5 Å². The van der Waals surface area contributed by atoms with Gasteiger partial charge in [-0.1, -0.05) is 41.5 Å². The second-order valence-electron chi connectivity index (χ2n) is 9.16. The van der Waals surface area contributed by atoms with E-state index in [9.17, 15) is 9.59 Å². The molecule has 0 saturated heterocycles. The highest BCUT2D eigenvalue weighted by Gasteiger charge is 2.48. The Morgan fingerprint density at radius 1 is 0.833 bits per heavy atom. The van der Waals surface area contributed by atoms with Crippen LogP contribution in [0.25, 0.3) is 0 Å². The smallest absolute Gasteiger partial charge is 0.253 e. The Kier molecular flexibility index (Phi) is 6.28. The van der Waals surface area contributed by atoms with Gasteiger partial charge in [0.05, 0.1) is 0 Å². The molecule has 0 spiro atoms. The normalized spacial score (nSPS) is 30.6. The Morgan fingerprint density at radius 3 is 1.75 bits per heavy atom. The summed E-state index contributed by atoms with van der Waals surface area (Å²) in [5.41, 5.74) is 0. The Bertz CT molecular complexity index is 474. The standard InChI is InChI=1S/C21H35NO2/c1-13(2)9-16-12-19(22-20(23)7-8-21(22)24)18(11-15(5)6)17(16)10-14(3)4/h7-8,13-19H,9-12H2,1-6H3/t16?,17-,18-,19-/m0/s1. The molecule has 4 atom stereocenters. The average molecular weight is 334 g/mol. The van der Waals surface area contributed by atoms with Crippen LogP contribution in [0.2, 0.25) is 0 Å². The van der Waals surface area contributed by atoms with Gasteiger partial charge in [-0.2, -0.15) is 0 Å². The topological polar surface area (TPSA) is 37.4 Å². The molecule has 2 rings (SSSR count). The molecule has 1 heterocycles. The zero-order valence-corrected chi connectivity index (χ0v) is 16.3. The highest BCUT2D eigenvalue weighted by atomic mass is 16.2. The fraction of sp³-hybridized carbons (Fsp3) is 0.810. The molecule has 0 aromatic heterocycles. The van der Waals surface area contributed by atoms with Gasteiger partial charge in [0.15, 0.2) is 0 Å². The van der Waals surface area contributed by atoms with Crippen LogP contribution in [0.1, 0.15) is 67.2 Å². The lowest BCUT2D eigenvalue weighted by atomic mass is 9.76. The summed E-state index contributed by atoms with van der Waals surface area (Å²) in [4.78, 5) is 26.1. The molecule has 1 aliphatic carbocycles. The van der Waals surface area contributed by atoms with E-state index in [1.54, 1.807) is 4.90 Å². The van der Waals surface area contributed by atoms with Crippen LogP contribution in [0.4, 0.5) is 0 Å². The third kappa shape index (κ3) is 4.29. The molecule has 1 unspecified atom stereocenters. The van der Waals surface area contributed by atoms with Gasteiger partial charge in [-0.3, -0.25) is 14.5 Å². The fourth-order valence-corrected chi connectivity index (χ4v) is 4.99.